The number of carbonyl (C=O) groups is 1. The van der Waals surface area contributed by atoms with Gasteiger partial charge in [0.2, 0.25) is 5.95 Å². The normalized spacial score (nSPS) is 10.7. The minimum atomic E-state index is -0.122. The van der Waals surface area contributed by atoms with Gasteiger partial charge in [0.1, 0.15) is 4.88 Å². The molecule has 3 N–H and O–H groups in total. The van der Waals surface area contributed by atoms with Gasteiger partial charge in [-0.15, -0.1) is 11.3 Å². The number of methoxy groups -OCH3 is 1. The largest absolute Gasteiger partial charge is 0.384 e. The monoisotopic (exact) mass is 383 g/mol. The van der Waals surface area contributed by atoms with Crippen LogP contribution in [0.4, 0.5) is 5.95 Å². The molecule has 140 valence electrons. The molecule has 0 saturated carbocycles. The van der Waals surface area contributed by atoms with Gasteiger partial charge in [-0.1, -0.05) is 12.1 Å². The van der Waals surface area contributed by atoms with Gasteiger partial charge in [-0.3, -0.25) is 4.79 Å². The van der Waals surface area contributed by atoms with Crippen LogP contribution >= 0.6 is 11.3 Å². The number of ether oxygens (including phenoxy) is 1. The average molecular weight is 383 g/mol. The van der Waals surface area contributed by atoms with Crippen LogP contribution in [0.15, 0.2) is 36.7 Å². The first-order valence-corrected chi connectivity index (χ1v) is 9.28. The first-order chi connectivity index (χ1) is 13.1. The van der Waals surface area contributed by atoms with Crippen LogP contribution in [0, 0.1) is 6.92 Å². The highest BCUT2D eigenvalue weighted by Gasteiger charge is 2.11. The van der Waals surface area contributed by atoms with Crippen LogP contribution in [0.5, 0.6) is 0 Å². The highest BCUT2D eigenvalue weighted by molar-refractivity contribution is 7.13. The van der Waals surface area contributed by atoms with Crippen LogP contribution in [-0.2, 0) is 17.7 Å². The number of nitrogens with zero attached hydrogens (tertiary/aromatic N) is 3. The summed E-state index contributed by atoms with van der Waals surface area (Å²) in [6.07, 6.45) is 3.96. The van der Waals surface area contributed by atoms with Crippen LogP contribution in [0.2, 0.25) is 0 Å². The second-order valence-electron chi connectivity index (χ2n) is 5.99. The minimum absolute atomic E-state index is 0.122. The molecule has 3 aromatic rings. The molecule has 0 spiro atoms. The van der Waals surface area contributed by atoms with E-state index in [2.05, 4.69) is 20.3 Å². The Bertz CT molecular complexity index is 941. The van der Waals surface area contributed by atoms with Gasteiger partial charge in [0.05, 0.1) is 23.5 Å². The van der Waals surface area contributed by atoms with E-state index in [0.29, 0.717) is 24.4 Å². The number of nitrogens with two attached hydrogens (primary N) is 1. The maximum Gasteiger partial charge on any atom is 0.263 e. The number of nitrogens with one attached hydrogen (secondary N) is 1. The highest BCUT2D eigenvalue weighted by Crippen LogP contribution is 2.21. The summed E-state index contributed by atoms with van der Waals surface area (Å²) in [7, 11) is 1.65. The SMILES string of the molecule is COCCc1ncc(C(=O)NCc2ccc(-c3ccnc(N)n3)cc2C)s1. The number of rotatable bonds is 7. The lowest BCUT2D eigenvalue weighted by atomic mass is 10.0. The molecule has 1 aromatic carbocycles. The predicted molar refractivity (Wildman–Crippen MR) is 105 cm³/mol. The number of aryl methyl sites for hydroxylation is 1. The van der Waals surface area contributed by atoms with Gasteiger partial charge in [-0.2, -0.15) is 0 Å². The molecule has 0 fully saturated rings. The van der Waals surface area contributed by atoms with Crippen molar-refractivity contribution in [1.29, 1.82) is 0 Å². The Hall–Kier alpha value is -2.84. The predicted octanol–water partition coefficient (Wildman–Crippen LogP) is 2.61. The summed E-state index contributed by atoms with van der Waals surface area (Å²) >= 11 is 1.39. The molecule has 2 aromatic heterocycles. The van der Waals surface area contributed by atoms with E-state index in [-0.39, 0.29) is 11.9 Å². The fourth-order valence-electron chi connectivity index (χ4n) is 2.57. The van der Waals surface area contributed by atoms with Crippen molar-refractivity contribution in [2.24, 2.45) is 0 Å². The molecule has 8 heteroatoms. The summed E-state index contributed by atoms with van der Waals surface area (Å²) in [4.78, 5) is 25.3. The smallest absolute Gasteiger partial charge is 0.263 e. The molecule has 27 heavy (non-hydrogen) atoms. The van der Waals surface area contributed by atoms with E-state index in [1.54, 1.807) is 19.5 Å². The van der Waals surface area contributed by atoms with Crippen molar-refractivity contribution in [3.8, 4) is 11.3 Å². The first kappa shape index (κ1) is 18.9. The molecular weight excluding hydrogens is 362 g/mol. The Labute approximate surface area is 161 Å². The number of carbonyl (C=O) groups excluding carboxylic acids is 1. The molecule has 0 aliphatic heterocycles. The Kier molecular flexibility index (Phi) is 6.10. The van der Waals surface area contributed by atoms with E-state index in [1.807, 2.05) is 31.2 Å². The maximum absolute atomic E-state index is 12.3. The standard InChI is InChI=1S/C19H21N5O2S/c1-12-9-13(15-5-7-21-19(20)24-15)3-4-14(12)10-23-18(25)16-11-22-17(27-16)6-8-26-2/h3-5,7,9,11H,6,8,10H2,1-2H3,(H,23,25)(H2,20,21,24). The summed E-state index contributed by atoms with van der Waals surface area (Å²) < 4.78 is 5.03. The second-order valence-corrected chi connectivity index (χ2v) is 7.10. The number of hydrogen-bond acceptors (Lipinski definition) is 7. The molecular formula is C19H21N5O2S. The number of hydrogen-bond donors (Lipinski definition) is 2. The van der Waals surface area contributed by atoms with Gasteiger partial charge in [0.25, 0.3) is 5.91 Å². The van der Waals surface area contributed by atoms with Crippen LogP contribution in [0.25, 0.3) is 11.3 Å². The third kappa shape index (κ3) is 4.87. The number of benzene rings is 1. The fraction of sp³-hybridized carbons (Fsp3) is 0.263. The maximum atomic E-state index is 12.3. The molecule has 7 nitrogen and oxygen atoms in total. The molecule has 0 saturated heterocycles. The van der Waals surface area contributed by atoms with Crippen molar-refractivity contribution in [3.63, 3.8) is 0 Å². The van der Waals surface area contributed by atoms with Crippen molar-refractivity contribution in [3.05, 3.63) is 57.7 Å². The van der Waals surface area contributed by atoms with E-state index in [4.69, 9.17) is 10.5 Å². The van der Waals surface area contributed by atoms with Crippen molar-refractivity contribution >= 4 is 23.2 Å². The van der Waals surface area contributed by atoms with Gasteiger partial charge < -0.3 is 15.8 Å². The first-order valence-electron chi connectivity index (χ1n) is 8.47. The van der Waals surface area contributed by atoms with E-state index < -0.39 is 0 Å². The van der Waals surface area contributed by atoms with E-state index >= 15 is 0 Å². The molecule has 2 heterocycles. The highest BCUT2D eigenvalue weighted by atomic mass is 32.1. The van der Waals surface area contributed by atoms with Crippen molar-refractivity contribution in [2.75, 3.05) is 19.5 Å². The van der Waals surface area contributed by atoms with Crippen LogP contribution in [0.1, 0.15) is 25.8 Å². The molecule has 0 unspecified atom stereocenters. The summed E-state index contributed by atoms with van der Waals surface area (Å²) in [5.74, 6) is 0.124. The van der Waals surface area contributed by atoms with E-state index in [1.165, 1.54) is 11.3 Å². The third-order valence-electron chi connectivity index (χ3n) is 4.05. The van der Waals surface area contributed by atoms with Crippen molar-refractivity contribution < 1.29 is 9.53 Å². The zero-order chi connectivity index (χ0) is 19.2. The second kappa shape index (κ2) is 8.70. The van der Waals surface area contributed by atoms with Crippen LogP contribution in [-0.4, -0.2) is 34.6 Å². The van der Waals surface area contributed by atoms with E-state index in [9.17, 15) is 4.79 Å². The number of thiazole rings is 1. The Balaban J connectivity index is 1.64. The van der Waals surface area contributed by atoms with Crippen LogP contribution in [0.3, 0.4) is 0 Å². The summed E-state index contributed by atoms with van der Waals surface area (Å²) in [5, 5.41) is 3.84. The van der Waals surface area contributed by atoms with Gasteiger partial charge >= 0.3 is 0 Å². The van der Waals surface area contributed by atoms with Gasteiger partial charge in [0.15, 0.2) is 0 Å². The topological polar surface area (TPSA) is 103 Å². The molecule has 3 rings (SSSR count). The lowest BCUT2D eigenvalue weighted by Gasteiger charge is -2.09. The lowest BCUT2D eigenvalue weighted by molar-refractivity contribution is 0.0954. The Morgan fingerprint density at radius 1 is 1.30 bits per heavy atom. The van der Waals surface area contributed by atoms with Gasteiger partial charge in [-0.05, 0) is 30.2 Å². The Morgan fingerprint density at radius 3 is 2.89 bits per heavy atom. The lowest BCUT2D eigenvalue weighted by Crippen LogP contribution is -2.22. The molecule has 0 radical (unpaired) electrons. The third-order valence-corrected chi connectivity index (χ3v) is 5.11. The number of amides is 1. The van der Waals surface area contributed by atoms with E-state index in [0.717, 1.165) is 27.4 Å². The molecule has 1 amide bonds. The zero-order valence-corrected chi connectivity index (χ0v) is 16.0. The van der Waals surface area contributed by atoms with Crippen molar-refractivity contribution in [2.45, 2.75) is 19.9 Å². The zero-order valence-electron chi connectivity index (χ0n) is 15.2. The number of anilines is 1. The van der Waals surface area contributed by atoms with Crippen LogP contribution < -0.4 is 11.1 Å². The van der Waals surface area contributed by atoms with Gasteiger partial charge in [-0.25, -0.2) is 15.0 Å². The molecule has 0 bridgehead atoms. The summed E-state index contributed by atoms with van der Waals surface area (Å²) in [6, 6.07) is 7.79. The van der Waals surface area contributed by atoms with Crippen molar-refractivity contribution in [1.82, 2.24) is 20.3 Å². The molecule has 0 aliphatic rings. The molecule has 0 aliphatic carbocycles. The number of aromatic nitrogens is 3. The quantitative estimate of drug-likeness (QED) is 0.650. The fourth-order valence-corrected chi connectivity index (χ4v) is 3.39. The number of nitrogen functional groups attached to an aromatic ring is 1. The molecule has 0 atom stereocenters. The Morgan fingerprint density at radius 2 is 2.15 bits per heavy atom. The minimum Gasteiger partial charge on any atom is -0.384 e. The van der Waals surface area contributed by atoms with Gasteiger partial charge in [0, 0.05) is 31.8 Å². The average Bonchev–Trinajstić information content (AvgIpc) is 3.14. The summed E-state index contributed by atoms with van der Waals surface area (Å²) in [5.41, 5.74) is 9.49. The summed E-state index contributed by atoms with van der Waals surface area (Å²) in [6.45, 7) is 3.05.